The summed E-state index contributed by atoms with van der Waals surface area (Å²) in [6, 6.07) is 7.73. The quantitative estimate of drug-likeness (QED) is 0.853. The van der Waals surface area contributed by atoms with Gasteiger partial charge in [-0.05, 0) is 18.6 Å². The van der Waals surface area contributed by atoms with Crippen molar-refractivity contribution >= 4 is 22.6 Å². The van der Waals surface area contributed by atoms with Crippen LogP contribution in [0.25, 0.3) is 10.9 Å². The number of rotatable bonds is 3. The van der Waals surface area contributed by atoms with Gasteiger partial charge in [0.05, 0.1) is 5.52 Å². The molecule has 2 N–H and O–H groups in total. The molecule has 0 fully saturated rings. The fourth-order valence-electron chi connectivity index (χ4n) is 1.50. The van der Waals surface area contributed by atoms with Crippen LogP contribution in [-0.4, -0.2) is 16.1 Å². The molecule has 0 atom stereocenters. The average Bonchev–Trinajstić information content (AvgIpc) is 2.73. The number of benzene rings is 1. The molecule has 0 bridgehead atoms. The molecule has 0 unspecified atom stereocenters. The third-order valence-electron chi connectivity index (χ3n) is 3.20. The number of hydrogen-bond donors (Lipinski definition) is 2. The highest BCUT2D eigenvalue weighted by molar-refractivity contribution is 6.01. The Morgan fingerprint density at radius 2 is 2.12 bits per heavy atom. The normalized spacial score (nSPS) is 11.7. The number of aromatic amines is 1. The molecule has 4 nitrogen and oxygen atoms in total. The van der Waals surface area contributed by atoms with Crippen molar-refractivity contribution < 1.29 is 4.79 Å². The number of nitrogens with one attached hydrogen (secondary N) is 2. The van der Waals surface area contributed by atoms with Crippen LogP contribution in [0.2, 0.25) is 0 Å². The zero-order valence-corrected chi connectivity index (χ0v) is 10.4. The van der Waals surface area contributed by atoms with Gasteiger partial charge in [-0.3, -0.25) is 9.89 Å². The van der Waals surface area contributed by atoms with Gasteiger partial charge in [0.1, 0.15) is 0 Å². The molecule has 2 rings (SSSR count). The van der Waals surface area contributed by atoms with Crippen LogP contribution in [0.4, 0.5) is 5.82 Å². The van der Waals surface area contributed by atoms with Crippen LogP contribution in [0.5, 0.6) is 0 Å². The minimum absolute atomic E-state index is 0.00254. The van der Waals surface area contributed by atoms with E-state index in [0.29, 0.717) is 5.82 Å². The van der Waals surface area contributed by atoms with Crippen LogP contribution in [0, 0.1) is 5.41 Å². The highest BCUT2D eigenvalue weighted by atomic mass is 16.2. The summed E-state index contributed by atoms with van der Waals surface area (Å²) in [5.41, 5.74) is 0.553. The summed E-state index contributed by atoms with van der Waals surface area (Å²) in [5, 5.41) is 10.8. The zero-order valence-electron chi connectivity index (χ0n) is 10.4. The zero-order chi connectivity index (χ0) is 12.5. The molecule has 0 aliphatic carbocycles. The fourth-order valence-corrected chi connectivity index (χ4v) is 1.50. The van der Waals surface area contributed by atoms with Crippen molar-refractivity contribution in [3.05, 3.63) is 24.3 Å². The van der Waals surface area contributed by atoms with E-state index in [9.17, 15) is 4.79 Å². The number of amides is 1. The number of anilines is 1. The first-order valence-electron chi connectivity index (χ1n) is 5.79. The average molecular weight is 231 g/mol. The standard InChI is InChI=1S/C13H17N3O/c1-4-13(2,3)12(17)14-11-9-7-5-6-8-10(9)15-16-11/h5-8H,4H2,1-3H3,(H2,14,15,16,17). The lowest BCUT2D eigenvalue weighted by Crippen LogP contribution is -2.30. The lowest BCUT2D eigenvalue weighted by Gasteiger charge is -2.20. The third-order valence-corrected chi connectivity index (χ3v) is 3.20. The first-order chi connectivity index (χ1) is 8.04. The maximum absolute atomic E-state index is 12.0. The van der Waals surface area contributed by atoms with Gasteiger partial charge in [0.25, 0.3) is 0 Å². The predicted octanol–water partition coefficient (Wildman–Crippen LogP) is 2.94. The van der Waals surface area contributed by atoms with Gasteiger partial charge < -0.3 is 5.32 Å². The topological polar surface area (TPSA) is 57.8 Å². The van der Waals surface area contributed by atoms with Crippen molar-refractivity contribution in [2.75, 3.05) is 5.32 Å². The molecular formula is C13H17N3O. The Kier molecular flexibility index (Phi) is 2.88. The first kappa shape index (κ1) is 11.6. The molecule has 4 heteroatoms. The second kappa shape index (κ2) is 4.20. The number of hydrogen-bond acceptors (Lipinski definition) is 2. The molecule has 0 saturated heterocycles. The maximum Gasteiger partial charge on any atom is 0.231 e. The summed E-state index contributed by atoms with van der Waals surface area (Å²) in [6.07, 6.45) is 0.793. The van der Waals surface area contributed by atoms with E-state index in [4.69, 9.17) is 0 Å². The molecule has 1 aromatic carbocycles. The molecule has 1 amide bonds. The van der Waals surface area contributed by atoms with Crippen molar-refractivity contribution in [3.63, 3.8) is 0 Å². The summed E-state index contributed by atoms with van der Waals surface area (Å²) >= 11 is 0. The van der Waals surface area contributed by atoms with Gasteiger partial charge in [-0.25, -0.2) is 0 Å². The minimum Gasteiger partial charge on any atom is -0.308 e. The van der Waals surface area contributed by atoms with Gasteiger partial charge in [-0.1, -0.05) is 32.9 Å². The summed E-state index contributed by atoms with van der Waals surface area (Å²) in [5.74, 6) is 0.601. The second-order valence-corrected chi connectivity index (χ2v) is 4.81. The Morgan fingerprint density at radius 3 is 2.82 bits per heavy atom. The van der Waals surface area contributed by atoms with E-state index in [1.165, 1.54) is 0 Å². The van der Waals surface area contributed by atoms with E-state index in [0.717, 1.165) is 17.3 Å². The smallest absolute Gasteiger partial charge is 0.231 e. The van der Waals surface area contributed by atoms with Gasteiger partial charge in [0, 0.05) is 10.8 Å². The Morgan fingerprint density at radius 1 is 1.41 bits per heavy atom. The molecule has 1 heterocycles. The van der Waals surface area contributed by atoms with Crippen LogP contribution in [0.3, 0.4) is 0 Å². The van der Waals surface area contributed by atoms with Crippen molar-refractivity contribution in [2.24, 2.45) is 5.41 Å². The Hall–Kier alpha value is -1.84. The largest absolute Gasteiger partial charge is 0.308 e. The van der Waals surface area contributed by atoms with E-state index in [1.807, 2.05) is 45.0 Å². The number of carbonyl (C=O) groups is 1. The van der Waals surface area contributed by atoms with Crippen LogP contribution >= 0.6 is 0 Å². The molecule has 0 aliphatic rings. The van der Waals surface area contributed by atoms with E-state index in [2.05, 4.69) is 15.5 Å². The van der Waals surface area contributed by atoms with Crippen LogP contribution < -0.4 is 5.32 Å². The number of carbonyl (C=O) groups excluding carboxylic acids is 1. The van der Waals surface area contributed by atoms with Crippen molar-refractivity contribution in [3.8, 4) is 0 Å². The van der Waals surface area contributed by atoms with E-state index < -0.39 is 0 Å². The highest BCUT2D eigenvalue weighted by Crippen LogP contribution is 2.25. The second-order valence-electron chi connectivity index (χ2n) is 4.81. The van der Waals surface area contributed by atoms with Gasteiger partial charge in [-0.15, -0.1) is 0 Å². The number of nitrogens with zero attached hydrogens (tertiary/aromatic N) is 1. The van der Waals surface area contributed by atoms with Crippen LogP contribution in [0.15, 0.2) is 24.3 Å². The summed E-state index contributed by atoms with van der Waals surface area (Å²) in [7, 11) is 0. The number of aromatic nitrogens is 2. The number of H-pyrrole nitrogens is 1. The SMILES string of the molecule is CCC(C)(C)C(=O)Nc1n[nH]c2ccccc12. The van der Waals surface area contributed by atoms with E-state index in [-0.39, 0.29) is 11.3 Å². The van der Waals surface area contributed by atoms with Crippen molar-refractivity contribution in [1.29, 1.82) is 0 Å². The van der Waals surface area contributed by atoms with Gasteiger partial charge in [-0.2, -0.15) is 5.10 Å². The minimum atomic E-state index is -0.375. The molecule has 0 saturated carbocycles. The number of fused-ring (bicyclic) bond motifs is 1. The fraction of sp³-hybridized carbons (Fsp3) is 0.385. The Bertz CT molecular complexity index is 542. The van der Waals surface area contributed by atoms with Crippen LogP contribution in [-0.2, 0) is 4.79 Å². The first-order valence-corrected chi connectivity index (χ1v) is 5.79. The van der Waals surface area contributed by atoms with Gasteiger partial charge in [0.2, 0.25) is 5.91 Å². The van der Waals surface area contributed by atoms with E-state index >= 15 is 0 Å². The molecule has 17 heavy (non-hydrogen) atoms. The monoisotopic (exact) mass is 231 g/mol. The lowest BCUT2D eigenvalue weighted by atomic mass is 9.89. The predicted molar refractivity (Wildman–Crippen MR) is 68.8 cm³/mol. The summed E-state index contributed by atoms with van der Waals surface area (Å²) in [6.45, 7) is 5.86. The third kappa shape index (κ3) is 2.16. The maximum atomic E-state index is 12.0. The molecular weight excluding hydrogens is 214 g/mol. The molecule has 0 aliphatic heterocycles. The molecule has 0 spiro atoms. The van der Waals surface area contributed by atoms with Gasteiger partial charge in [0.15, 0.2) is 5.82 Å². The molecule has 2 aromatic rings. The van der Waals surface area contributed by atoms with Gasteiger partial charge >= 0.3 is 0 Å². The van der Waals surface area contributed by atoms with Crippen LogP contribution in [0.1, 0.15) is 27.2 Å². The number of para-hydroxylation sites is 1. The Balaban J connectivity index is 2.28. The molecule has 1 aromatic heterocycles. The summed E-state index contributed by atoms with van der Waals surface area (Å²) in [4.78, 5) is 12.0. The Labute approximate surface area is 100 Å². The van der Waals surface area contributed by atoms with Crippen molar-refractivity contribution in [1.82, 2.24) is 10.2 Å². The van der Waals surface area contributed by atoms with E-state index in [1.54, 1.807) is 0 Å². The molecule has 0 radical (unpaired) electrons. The molecule has 90 valence electrons. The highest BCUT2D eigenvalue weighted by Gasteiger charge is 2.26. The lowest BCUT2D eigenvalue weighted by molar-refractivity contribution is -0.124. The van der Waals surface area contributed by atoms with Crippen molar-refractivity contribution in [2.45, 2.75) is 27.2 Å². The summed E-state index contributed by atoms with van der Waals surface area (Å²) < 4.78 is 0.